The van der Waals surface area contributed by atoms with E-state index in [1.54, 1.807) is 32.9 Å². The van der Waals surface area contributed by atoms with Crippen LogP contribution in [0.25, 0.3) is 0 Å². The van der Waals surface area contributed by atoms with E-state index >= 15 is 0 Å². The van der Waals surface area contributed by atoms with Gasteiger partial charge < -0.3 is 25.0 Å². The third-order valence-electron chi connectivity index (χ3n) is 10.2. The number of hydrogen-bond donors (Lipinski definition) is 3. The molecule has 0 unspecified atom stereocenters. The number of sulfonamides is 1. The fourth-order valence-corrected chi connectivity index (χ4v) is 10.2. The molecule has 5 atom stereocenters. The van der Waals surface area contributed by atoms with Crippen LogP contribution < -0.4 is 15.4 Å². The number of fused-ring (bicyclic) bond motifs is 3. The van der Waals surface area contributed by atoms with E-state index in [0.29, 0.717) is 24.4 Å². The molecule has 18 heteroatoms. The van der Waals surface area contributed by atoms with Crippen molar-refractivity contribution in [3.05, 3.63) is 50.8 Å². The normalized spacial score (nSPS) is 26.3. The molecule has 5 amide bonds. The van der Waals surface area contributed by atoms with Crippen LogP contribution in [0.2, 0.25) is 9.36 Å². The highest BCUT2D eigenvalue weighted by atomic mass is 35.5. The molecule has 14 nitrogen and oxygen atoms in total. The maximum absolute atomic E-state index is 14.4. The lowest BCUT2D eigenvalue weighted by atomic mass is 10.0. The Balaban J connectivity index is 1.25. The van der Waals surface area contributed by atoms with Crippen LogP contribution in [0.4, 0.5) is 9.59 Å². The maximum Gasteiger partial charge on any atom is 0.410 e. The molecule has 0 spiro atoms. The highest BCUT2D eigenvalue weighted by Gasteiger charge is 2.62. The summed E-state index contributed by atoms with van der Waals surface area (Å²) in [4.78, 5) is 71.7. The van der Waals surface area contributed by atoms with Crippen molar-refractivity contribution < 1.29 is 41.9 Å². The van der Waals surface area contributed by atoms with Gasteiger partial charge in [0.25, 0.3) is 15.9 Å². The summed E-state index contributed by atoms with van der Waals surface area (Å²) in [6, 6.07) is 5.81. The number of rotatable bonds is 5. The second-order valence-corrected chi connectivity index (χ2v) is 19.5. The van der Waals surface area contributed by atoms with Crippen LogP contribution >= 0.6 is 34.5 Å². The molecule has 2 aromatic rings. The van der Waals surface area contributed by atoms with Crippen molar-refractivity contribution in [3.63, 3.8) is 0 Å². The predicted octanol–water partition coefficient (Wildman–Crippen LogP) is 5.49. The second kappa shape index (κ2) is 15.9. The number of alkyl carbamates (subject to hydrolysis) is 1. The van der Waals surface area contributed by atoms with E-state index in [9.17, 15) is 32.4 Å². The molecule has 294 valence electrons. The quantitative estimate of drug-likeness (QED) is 0.351. The molecule has 1 aromatic heterocycles. The van der Waals surface area contributed by atoms with Gasteiger partial charge in [-0.05, 0) is 81.3 Å². The Kier molecular flexibility index (Phi) is 11.8. The minimum absolute atomic E-state index is 0.0938. The van der Waals surface area contributed by atoms with Crippen LogP contribution in [0.3, 0.4) is 0 Å². The van der Waals surface area contributed by atoms with Gasteiger partial charge in [0.1, 0.15) is 33.5 Å². The number of nitrogens with zero attached hydrogens (tertiary/aromatic N) is 2. The lowest BCUT2D eigenvalue weighted by Gasteiger charge is -2.30. The van der Waals surface area contributed by atoms with Crippen LogP contribution in [0.1, 0.15) is 89.7 Å². The average Bonchev–Trinajstić information content (AvgIpc) is 3.44. The molecular formula is C36H45Cl2N5O9S2. The zero-order chi connectivity index (χ0) is 39.0. The molecule has 1 aliphatic carbocycles. The number of hydrogen-bond acceptors (Lipinski definition) is 10. The van der Waals surface area contributed by atoms with Crippen LogP contribution in [0, 0.1) is 5.92 Å². The number of ether oxygens (including phenoxy) is 2. The van der Waals surface area contributed by atoms with Gasteiger partial charge in [0.05, 0.1) is 10.9 Å². The van der Waals surface area contributed by atoms with Crippen LogP contribution in [-0.4, -0.2) is 84.0 Å². The average molecular weight is 827 g/mol. The van der Waals surface area contributed by atoms with Crippen molar-refractivity contribution in [1.82, 2.24) is 25.2 Å². The highest BCUT2D eigenvalue weighted by Crippen LogP contribution is 2.48. The first-order valence-electron chi connectivity index (χ1n) is 18.1. The van der Waals surface area contributed by atoms with E-state index in [0.717, 1.165) is 48.1 Å². The number of thiophene rings is 1. The monoisotopic (exact) mass is 825 g/mol. The van der Waals surface area contributed by atoms with Crippen LogP contribution in [-0.2, 0) is 47.0 Å². The fourth-order valence-electron chi connectivity index (χ4n) is 7.44. The van der Waals surface area contributed by atoms with E-state index in [1.807, 2.05) is 6.07 Å². The topological polar surface area (TPSA) is 181 Å². The van der Waals surface area contributed by atoms with E-state index in [-0.39, 0.29) is 46.8 Å². The molecule has 3 fully saturated rings. The summed E-state index contributed by atoms with van der Waals surface area (Å²) in [7, 11) is -4.30. The van der Waals surface area contributed by atoms with Gasteiger partial charge >= 0.3 is 12.2 Å². The van der Waals surface area contributed by atoms with Crippen molar-refractivity contribution in [2.45, 2.75) is 125 Å². The Labute approximate surface area is 328 Å². The molecule has 4 aliphatic rings. The molecular weight excluding hydrogens is 781 g/mol. The van der Waals surface area contributed by atoms with Crippen LogP contribution in [0.15, 0.2) is 34.5 Å². The molecule has 54 heavy (non-hydrogen) atoms. The summed E-state index contributed by atoms with van der Waals surface area (Å²) in [5.41, 5.74) is -0.573. The Hall–Kier alpha value is -3.60. The SMILES string of the molecule is CC(C)(C)OC(=O)N[C@H]1CCCCCCC[C@@H]2C[C@@]2(C(=O)NS(=O)(=O)c2ccc(Cl)s2)NC(=O)[C@@H]2C[C@@H](OC(=O)N3Cc4ccc(Cl)cc4C3)CN2C1=O. The summed E-state index contributed by atoms with van der Waals surface area (Å²) >= 11 is 12.9. The molecule has 2 saturated heterocycles. The second-order valence-electron chi connectivity index (χ2n) is 15.4. The largest absolute Gasteiger partial charge is 0.444 e. The summed E-state index contributed by atoms with van der Waals surface area (Å²) in [6.45, 7) is 5.53. The Bertz CT molecular complexity index is 1920. The summed E-state index contributed by atoms with van der Waals surface area (Å²) < 4.78 is 39.9. The van der Waals surface area contributed by atoms with Gasteiger partial charge in [-0.2, -0.15) is 0 Å². The van der Waals surface area contributed by atoms with Crippen molar-refractivity contribution in [1.29, 1.82) is 0 Å². The summed E-state index contributed by atoms with van der Waals surface area (Å²) in [5.74, 6) is -2.50. The van der Waals surface area contributed by atoms with Gasteiger partial charge in [0.2, 0.25) is 11.8 Å². The van der Waals surface area contributed by atoms with Crippen molar-refractivity contribution in [3.8, 4) is 0 Å². The first kappa shape index (κ1) is 40.1. The van der Waals surface area contributed by atoms with Crippen molar-refractivity contribution in [2.24, 2.45) is 5.92 Å². The van der Waals surface area contributed by atoms with Crippen LogP contribution in [0.5, 0.6) is 0 Å². The van der Waals surface area contributed by atoms with E-state index in [4.69, 9.17) is 32.7 Å². The lowest BCUT2D eigenvalue weighted by Crippen LogP contribution is -2.58. The first-order chi connectivity index (χ1) is 25.4. The Morgan fingerprint density at radius 1 is 0.981 bits per heavy atom. The minimum Gasteiger partial charge on any atom is -0.444 e. The Morgan fingerprint density at radius 3 is 2.39 bits per heavy atom. The molecule has 3 aliphatic heterocycles. The summed E-state index contributed by atoms with van der Waals surface area (Å²) in [6.07, 6.45) is 2.38. The molecule has 1 saturated carbocycles. The van der Waals surface area contributed by atoms with Gasteiger partial charge in [-0.1, -0.05) is 61.4 Å². The third-order valence-corrected chi connectivity index (χ3v) is 13.5. The van der Waals surface area contributed by atoms with Gasteiger partial charge in [0, 0.05) is 24.5 Å². The molecule has 4 heterocycles. The number of nitrogens with one attached hydrogen (secondary N) is 3. The highest BCUT2D eigenvalue weighted by molar-refractivity contribution is 7.92. The standard InChI is InChI=1S/C36H45Cl2N5O9S2/c1-35(2,3)52-33(47)39-26-10-8-6-4-5-7-9-23-17-36(23,32(46)41-54(49,50)29-14-13-28(38)53-29)40-30(44)27-16-25(20-43(27)31(26)45)51-34(48)42-18-21-11-12-24(37)15-22(21)19-42/h11-15,23,25-27H,4-10,16-20H2,1-3H3,(H,39,47)(H,40,44)(H,41,46)/t23-,25-,26+,27+,36-/m1/s1. The van der Waals surface area contributed by atoms with Crippen molar-refractivity contribution >= 4 is 74.5 Å². The van der Waals surface area contributed by atoms with E-state index in [2.05, 4.69) is 15.4 Å². The zero-order valence-electron chi connectivity index (χ0n) is 30.3. The van der Waals surface area contributed by atoms with Gasteiger partial charge in [-0.15, -0.1) is 11.3 Å². The van der Waals surface area contributed by atoms with Gasteiger partial charge in [-0.3, -0.25) is 19.3 Å². The predicted molar refractivity (Wildman–Crippen MR) is 200 cm³/mol. The van der Waals surface area contributed by atoms with E-state index in [1.165, 1.54) is 21.9 Å². The van der Waals surface area contributed by atoms with Gasteiger partial charge in [-0.25, -0.2) is 22.7 Å². The number of amides is 5. The lowest BCUT2D eigenvalue weighted by molar-refractivity contribution is -0.141. The molecule has 1 aromatic carbocycles. The first-order valence-corrected chi connectivity index (χ1v) is 21.2. The van der Waals surface area contributed by atoms with Gasteiger partial charge in [0.15, 0.2) is 0 Å². The number of halogens is 2. The molecule has 6 rings (SSSR count). The van der Waals surface area contributed by atoms with E-state index < -0.39 is 69.3 Å². The smallest absolute Gasteiger partial charge is 0.410 e. The Morgan fingerprint density at radius 2 is 1.69 bits per heavy atom. The number of benzene rings is 1. The summed E-state index contributed by atoms with van der Waals surface area (Å²) in [5, 5.41) is 6.07. The molecule has 0 radical (unpaired) electrons. The van der Waals surface area contributed by atoms with Crippen molar-refractivity contribution in [2.75, 3.05) is 6.54 Å². The third kappa shape index (κ3) is 9.25. The molecule has 3 N–H and O–H groups in total. The fraction of sp³-hybridized carbons (Fsp3) is 0.583. The zero-order valence-corrected chi connectivity index (χ0v) is 33.5. The number of carbonyl (C=O) groups excluding carboxylic acids is 5. The maximum atomic E-state index is 14.4. The number of carbonyl (C=O) groups is 5. The minimum atomic E-state index is -4.30. The molecule has 0 bridgehead atoms.